The van der Waals surface area contributed by atoms with Crippen LogP contribution in [0.2, 0.25) is 0 Å². The Morgan fingerprint density at radius 1 is 1.44 bits per heavy atom. The number of carbonyl (C=O) groups excluding carboxylic acids is 1. The molecule has 1 fully saturated rings. The first kappa shape index (κ1) is 15.3. The van der Waals surface area contributed by atoms with Crippen LogP contribution in [0.1, 0.15) is 33.1 Å². The molecule has 0 spiro atoms. The van der Waals surface area contributed by atoms with Gasteiger partial charge in [-0.3, -0.25) is 4.79 Å². The number of aliphatic carboxylic acids is 1. The van der Waals surface area contributed by atoms with E-state index in [0.29, 0.717) is 12.8 Å². The summed E-state index contributed by atoms with van der Waals surface area (Å²) in [5.74, 6) is 0.238. The van der Waals surface area contributed by atoms with Crippen molar-refractivity contribution in [1.29, 1.82) is 0 Å². The zero-order valence-electron chi connectivity index (χ0n) is 10.9. The molecule has 1 rings (SSSR count). The number of carboxylic acid groups (broad SMARTS) is 1. The molecule has 0 aromatic rings. The van der Waals surface area contributed by atoms with Crippen LogP contribution in [0, 0.1) is 0 Å². The van der Waals surface area contributed by atoms with E-state index in [1.165, 1.54) is 0 Å². The Labute approximate surface area is 112 Å². The molecule has 1 aliphatic rings. The number of hydrogen-bond acceptors (Lipinski definition) is 4. The first-order valence-electron chi connectivity index (χ1n) is 6.24. The fraction of sp³-hybridized carbons (Fsp3) is 0.833. The third-order valence-corrected chi connectivity index (χ3v) is 4.19. The zero-order chi connectivity index (χ0) is 13.6. The molecule has 2 N–H and O–H groups in total. The van der Waals surface area contributed by atoms with Crippen molar-refractivity contribution in [2.24, 2.45) is 0 Å². The highest BCUT2D eigenvalue weighted by molar-refractivity contribution is 7.99. The molecular weight excluding hydrogens is 254 g/mol. The Morgan fingerprint density at radius 2 is 2.06 bits per heavy atom. The van der Waals surface area contributed by atoms with E-state index in [1.54, 1.807) is 11.8 Å². The van der Waals surface area contributed by atoms with Crippen LogP contribution in [0.15, 0.2) is 0 Å². The summed E-state index contributed by atoms with van der Waals surface area (Å²) in [5, 5.41) is 11.9. The van der Waals surface area contributed by atoms with E-state index in [-0.39, 0.29) is 18.6 Å². The maximum absolute atomic E-state index is 11.7. The van der Waals surface area contributed by atoms with Crippen molar-refractivity contribution in [1.82, 2.24) is 5.32 Å². The van der Waals surface area contributed by atoms with Gasteiger partial charge in [0.05, 0.1) is 6.10 Å². The summed E-state index contributed by atoms with van der Waals surface area (Å²) in [6.07, 6.45) is 1.79. The zero-order valence-corrected chi connectivity index (χ0v) is 11.7. The van der Waals surface area contributed by atoms with E-state index in [0.717, 1.165) is 17.9 Å². The molecule has 1 saturated heterocycles. The van der Waals surface area contributed by atoms with Gasteiger partial charge in [0.25, 0.3) is 0 Å². The normalized spacial score (nSPS) is 20.1. The molecule has 0 radical (unpaired) electrons. The van der Waals surface area contributed by atoms with E-state index in [1.807, 2.05) is 13.8 Å². The molecule has 1 atom stereocenters. The van der Waals surface area contributed by atoms with Crippen LogP contribution in [0.5, 0.6) is 0 Å². The van der Waals surface area contributed by atoms with Gasteiger partial charge < -0.3 is 15.2 Å². The first-order valence-corrected chi connectivity index (χ1v) is 7.39. The average molecular weight is 275 g/mol. The van der Waals surface area contributed by atoms with Crippen molar-refractivity contribution in [3.8, 4) is 0 Å². The third kappa shape index (κ3) is 4.17. The number of amides is 1. The fourth-order valence-electron chi connectivity index (χ4n) is 1.75. The molecule has 0 bridgehead atoms. The van der Waals surface area contributed by atoms with Crippen LogP contribution >= 0.6 is 11.8 Å². The summed E-state index contributed by atoms with van der Waals surface area (Å²) in [7, 11) is 0. The lowest BCUT2D eigenvalue weighted by atomic mass is 9.92. The van der Waals surface area contributed by atoms with Crippen molar-refractivity contribution < 1.29 is 19.4 Å². The molecule has 0 aliphatic carbocycles. The van der Waals surface area contributed by atoms with Crippen molar-refractivity contribution in [2.45, 2.75) is 44.8 Å². The van der Waals surface area contributed by atoms with Gasteiger partial charge in [-0.15, -0.1) is 0 Å². The van der Waals surface area contributed by atoms with Crippen LogP contribution in [0.3, 0.4) is 0 Å². The Morgan fingerprint density at radius 3 is 2.56 bits per heavy atom. The maximum Gasteiger partial charge on any atom is 0.329 e. The van der Waals surface area contributed by atoms with E-state index in [4.69, 9.17) is 4.74 Å². The Hall–Kier alpha value is -0.750. The Kier molecular flexibility index (Phi) is 5.95. The minimum atomic E-state index is -1.10. The van der Waals surface area contributed by atoms with E-state index < -0.39 is 11.5 Å². The molecule has 1 heterocycles. The van der Waals surface area contributed by atoms with Crippen LogP contribution in [-0.4, -0.2) is 46.7 Å². The summed E-state index contributed by atoms with van der Waals surface area (Å²) >= 11 is 1.72. The van der Waals surface area contributed by atoms with Gasteiger partial charge in [0.2, 0.25) is 5.91 Å². The van der Waals surface area contributed by atoms with Crippen molar-refractivity contribution >= 4 is 23.6 Å². The van der Waals surface area contributed by atoms with Gasteiger partial charge in [0.15, 0.2) is 0 Å². The highest BCUT2D eigenvalue weighted by atomic mass is 32.2. The molecular formula is C12H21NO4S. The molecule has 5 nitrogen and oxygen atoms in total. The van der Waals surface area contributed by atoms with E-state index in [9.17, 15) is 14.7 Å². The standard InChI is InChI=1S/C12H21NO4S/c1-3-9(2)17-8-10(14)13-12(11(15)16)4-6-18-7-5-12/h9H,3-8H2,1-2H3,(H,13,14)(H,15,16). The summed E-state index contributed by atoms with van der Waals surface area (Å²) in [6.45, 7) is 3.79. The first-order chi connectivity index (χ1) is 8.50. The summed E-state index contributed by atoms with van der Waals surface area (Å²) in [5.41, 5.74) is -1.10. The van der Waals surface area contributed by atoms with Gasteiger partial charge in [-0.2, -0.15) is 11.8 Å². The smallest absolute Gasteiger partial charge is 0.329 e. The van der Waals surface area contributed by atoms with Gasteiger partial charge in [-0.05, 0) is 37.7 Å². The van der Waals surface area contributed by atoms with Gasteiger partial charge >= 0.3 is 5.97 Å². The van der Waals surface area contributed by atoms with Gasteiger partial charge in [-0.25, -0.2) is 4.79 Å². The number of carboxylic acids is 1. The summed E-state index contributed by atoms with van der Waals surface area (Å²) in [6, 6.07) is 0. The molecule has 1 amide bonds. The lowest BCUT2D eigenvalue weighted by molar-refractivity contribution is -0.149. The highest BCUT2D eigenvalue weighted by Gasteiger charge is 2.41. The number of thioether (sulfide) groups is 1. The molecule has 18 heavy (non-hydrogen) atoms. The molecule has 6 heteroatoms. The topological polar surface area (TPSA) is 75.6 Å². The van der Waals surface area contributed by atoms with E-state index >= 15 is 0 Å². The van der Waals surface area contributed by atoms with Crippen LogP contribution in [0.4, 0.5) is 0 Å². The SMILES string of the molecule is CCC(C)OCC(=O)NC1(C(=O)O)CCSCC1. The quantitative estimate of drug-likeness (QED) is 0.763. The minimum absolute atomic E-state index is 0.0124. The maximum atomic E-state index is 11.7. The van der Waals surface area contributed by atoms with E-state index in [2.05, 4.69) is 5.32 Å². The predicted octanol–water partition coefficient (Wildman–Crippen LogP) is 1.27. The van der Waals surface area contributed by atoms with Crippen LogP contribution < -0.4 is 5.32 Å². The second-order valence-electron chi connectivity index (χ2n) is 4.58. The van der Waals surface area contributed by atoms with Gasteiger partial charge in [0, 0.05) is 0 Å². The molecule has 0 aromatic heterocycles. The van der Waals surface area contributed by atoms with Crippen molar-refractivity contribution in [2.75, 3.05) is 18.1 Å². The Balaban J connectivity index is 2.50. The average Bonchev–Trinajstić information content (AvgIpc) is 2.36. The number of ether oxygens (including phenoxy) is 1. The van der Waals surface area contributed by atoms with Gasteiger partial charge in [0.1, 0.15) is 12.1 Å². The number of hydrogen-bond donors (Lipinski definition) is 2. The van der Waals surface area contributed by atoms with Crippen molar-refractivity contribution in [3.05, 3.63) is 0 Å². The number of rotatable bonds is 6. The van der Waals surface area contributed by atoms with Crippen molar-refractivity contribution in [3.63, 3.8) is 0 Å². The summed E-state index contributed by atoms with van der Waals surface area (Å²) in [4.78, 5) is 23.1. The molecule has 1 aliphatic heterocycles. The van der Waals surface area contributed by atoms with Crippen LogP contribution in [0.25, 0.3) is 0 Å². The molecule has 0 aromatic carbocycles. The third-order valence-electron chi connectivity index (χ3n) is 3.21. The summed E-state index contributed by atoms with van der Waals surface area (Å²) < 4.78 is 5.31. The number of carbonyl (C=O) groups is 2. The highest BCUT2D eigenvalue weighted by Crippen LogP contribution is 2.27. The second-order valence-corrected chi connectivity index (χ2v) is 5.80. The molecule has 1 unspecified atom stereocenters. The number of nitrogens with one attached hydrogen (secondary N) is 1. The Bertz CT molecular complexity index is 302. The molecule has 104 valence electrons. The van der Waals surface area contributed by atoms with Crippen LogP contribution in [-0.2, 0) is 14.3 Å². The fourth-order valence-corrected chi connectivity index (χ4v) is 2.94. The largest absolute Gasteiger partial charge is 0.480 e. The molecule has 0 saturated carbocycles. The lowest BCUT2D eigenvalue weighted by Crippen LogP contribution is -2.57. The monoisotopic (exact) mass is 275 g/mol. The lowest BCUT2D eigenvalue weighted by Gasteiger charge is -2.33. The minimum Gasteiger partial charge on any atom is -0.480 e. The predicted molar refractivity (Wildman–Crippen MR) is 70.8 cm³/mol. The van der Waals surface area contributed by atoms with Gasteiger partial charge in [-0.1, -0.05) is 6.92 Å². The second kappa shape index (κ2) is 6.99.